The number of phosphoric acid groups is 1. The second kappa shape index (κ2) is 38.0. The lowest BCUT2D eigenvalue weighted by Gasteiger charge is -2.20. The molecule has 0 radical (unpaired) electrons. The highest BCUT2D eigenvalue weighted by Crippen LogP contribution is 2.43. The van der Waals surface area contributed by atoms with Crippen molar-refractivity contribution in [3.8, 4) is 0 Å². The number of phosphoric ester groups is 1. The maximum Gasteiger partial charge on any atom is 0.472 e. The van der Waals surface area contributed by atoms with Crippen LogP contribution in [-0.4, -0.2) is 60.5 Å². The molecule has 4 N–H and O–H groups in total. The highest BCUT2D eigenvalue weighted by atomic mass is 31.2. The molecule has 0 aromatic carbocycles. The Morgan fingerprint density at radius 3 is 1.66 bits per heavy atom. The SMILES string of the molecule is CC/C=C\C/C=C\C/C=C\C/C=C\CCCOCC(COP(=O)(O)OCC(N)C(=O)O)OC(=O)CCCCCCCCC/C=C\CCCCCCCC. The minimum absolute atomic E-state index is 0.0250. The second-order valence-corrected chi connectivity index (χ2v) is 14.8. The van der Waals surface area contributed by atoms with E-state index in [1.54, 1.807) is 0 Å². The van der Waals surface area contributed by atoms with Crippen molar-refractivity contribution in [3.05, 3.63) is 60.8 Å². The third-order valence-corrected chi connectivity index (χ3v) is 9.23. The van der Waals surface area contributed by atoms with E-state index in [2.05, 4.69) is 79.1 Å². The fraction of sp³-hybridized carbons (Fsp3) is 0.714. The average Bonchev–Trinajstić information content (AvgIpc) is 3.13. The highest BCUT2D eigenvalue weighted by molar-refractivity contribution is 7.47. The van der Waals surface area contributed by atoms with Crippen LogP contribution < -0.4 is 5.73 Å². The Kier molecular flexibility index (Phi) is 36.3. The molecule has 0 heterocycles. The molecule has 11 heteroatoms. The van der Waals surface area contributed by atoms with Crippen LogP contribution in [0.15, 0.2) is 60.8 Å². The van der Waals surface area contributed by atoms with E-state index >= 15 is 0 Å². The molecular formula is C42H74NO9P. The van der Waals surface area contributed by atoms with Crippen LogP contribution in [0.5, 0.6) is 0 Å². The van der Waals surface area contributed by atoms with Gasteiger partial charge in [0.1, 0.15) is 12.1 Å². The van der Waals surface area contributed by atoms with Gasteiger partial charge in [-0.25, -0.2) is 4.57 Å². The summed E-state index contributed by atoms with van der Waals surface area (Å²) in [4.78, 5) is 33.5. The van der Waals surface area contributed by atoms with Gasteiger partial charge >= 0.3 is 19.8 Å². The molecule has 0 saturated heterocycles. The molecule has 0 fully saturated rings. The third kappa shape index (κ3) is 37.8. The summed E-state index contributed by atoms with van der Waals surface area (Å²) < 4.78 is 33.2. The van der Waals surface area contributed by atoms with Gasteiger partial charge in [-0.2, -0.15) is 0 Å². The lowest BCUT2D eigenvalue weighted by molar-refractivity contribution is -0.154. The van der Waals surface area contributed by atoms with Gasteiger partial charge in [-0.1, -0.05) is 139 Å². The topological polar surface area (TPSA) is 155 Å². The first-order chi connectivity index (χ1) is 25.7. The predicted molar refractivity (Wildman–Crippen MR) is 217 cm³/mol. The third-order valence-electron chi connectivity index (χ3n) is 8.28. The number of carbonyl (C=O) groups excluding carboxylic acids is 1. The standard InChI is InChI=1S/C42H74NO9P/c1-3-5-7-9-11-13-15-17-19-20-21-22-24-26-28-30-32-34-41(44)52-39(37-50-53(47,48)51-38-40(43)42(45)46)36-49-35-33-31-29-27-25-23-18-16-14-12-10-8-6-4-2/h6,8,12,14,17-19,23,27,29,39-40H,3-5,7,9-11,13,15-16,20-22,24-26,28,30-38,43H2,1-2H3,(H,45,46)(H,47,48)/b8-6-,14-12-,19-17-,23-18-,29-27-. The molecule has 53 heavy (non-hydrogen) atoms. The van der Waals surface area contributed by atoms with Gasteiger partial charge in [0.25, 0.3) is 0 Å². The predicted octanol–water partition coefficient (Wildman–Crippen LogP) is 10.9. The smallest absolute Gasteiger partial charge is 0.472 e. The van der Waals surface area contributed by atoms with Crippen molar-refractivity contribution in [1.29, 1.82) is 0 Å². The molecule has 306 valence electrons. The van der Waals surface area contributed by atoms with Crippen LogP contribution >= 0.6 is 7.82 Å². The Balaban J connectivity index is 4.36. The number of carbonyl (C=O) groups is 2. The van der Waals surface area contributed by atoms with Crippen LogP contribution in [0.4, 0.5) is 0 Å². The molecule has 0 aromatic heterocycles. The van der Waals surface area contributed by atoms with Gasteiger partial charge in [0, 0.05) is 13.0 Å². The molecule has 3 atom stereocenters. The maximum atomic E-state index is 12.6. The van der Waals surface area contributed by atoms with Crippen molar-refractivity contribution < 1.29 is 42.7 Å². The van der Waals surface area contributed by atoms with E-state index in [1.807, 2.05) is 0 Å². The first-order valence-corrected chi connectivity index (χ1v) is 21.8. The number of carboxylic acids is 1. The number of unbranched alkanes of at least 4 members (excludes halogenated alkanes) is 14. The van der Waals surface area contributed by atoms with Crippen LogP contribution in [0, 0.1) is 0 Å². The molecule has 0 aromatic rings. The zero-order valence-electron chi connectivity index (χ0n) is 33.1. The lowest BCUT2D eigenvalue weighted by atomic mass is 10.1. The van der Waals surface area contributed by atoms with E-state index in [0.29, 0.717) is 13.0 Å². The van der Waals surface area contributed by atoms with E-state index in [-0.39, 0.29) is 13.0 Å². The molecule has 0 aliphatic carbocycles. The number of esters is 1. The van der Waals surface area contributed by atoms with Gasteiger partial charge in [-0.15, -0.1) is 0 Å². The zero-order chi connectivity index (χ0) is 39.1. The van der Waals surface area contributed by atoms with Crippen LogP contribution in [0.1, 0.15) is 155 Å². The number of ether oxygens (including phenoxy) is 2. The van der Waals surface area contributed by atoms with E-state index in [9.17, 15) is 19.0 Å². The Morgan fingerprint density at radius 2 is 1.09 bits per heavy atom. The fourth-order valence-electron chi connectivity index (χ4n) is 5.13. The lowest BCUT2D eigenvalue weighted by Crippen LogP contribution is -2.34. The van der Waals surface area contributed by atoms with Crippen molar-refractivity contribution >= 4 is 19.8 Å². The molecular weight excluding hydrogens is 693 g/mol. The quantitative estimate of drug-likeness (QED) is 0.0239. The van der Waals surface area contributed by atoms with Crippen molar-refractivity contribution in [2.75, 3.05) is 26.4 Å². The summed E-state index contributed by atoms with van der Waals surface area (Å²) in [5.41, 5.74) is 5.34. The molecule has 0 bridgehead atoms. The Labute approximate surface area is 322 Å². The molecule has 10 nitrogen and oxygen atoms in total. The first kappa shape index (κ1) is 50.7. The van der Waals surface area contributed by atoms with E-state index in [4.69, 9.17) is 24.8 Å². The second-order valence-electron chi connectivity index (χ2n) is 13.4. The van der Waals surface area contributed by atoms with E-state index in [0.717, 1.165) is 64.2 Å². The number of hydrogen-bond donors (Lipinski definition) is 3. The Morgan fingerprint density at radius 1 is 0.623 bits per heavy atom. The van der Waals surface area contributed by atoms with E-state index in [1.165, 1.54) is 64.2 Å². The monoisotopic (exact) mass is 768 g/mol. The number of hydrogen-bond acceptors (Lipinski definition) is 8. The molecule has 0 aliphatic heterocycles. The van der Waals surface area contributed by atoms with Crippen molar-refractivity contribution in [2.24, 2.45) is 5.73 Å². The van der Waals surface area contributed by atoms with Gasteiger partial charge in [0.15, 0.2) is 0 Å². The van der Waals surface area contributed by atoms with Crippen molar-refractivity contribution in [3.63, 3.8) is 0 Å². The minimum Gasteiger partial charge on any atom is -0.480 e. The molecule has 0 amide bonds. The van der Waals surface area contributed by atoms with Crippen molar-refractivity contribution in [2.45, 2.75) is 167 Å². The van der Waals surface area contributed by atoms with Gasteiger partial charge in [0.05, 0.1) is 19.8 Å². The molecule has 3 unspecified atom stereocenters. The number of nitrogens with two attached hydrogens (primary N) is 1. The average molecular weight is 768 g/mol. The molecule has 0 spiro atoms. The number of allylic oxidation sites excluding steroid dienone is 10. The summed E-state index contributed by atoms with van der Waals surface area (Å²) in [5.74, 6) is -1.81. The number of carboxylic acid groups (broad SMARTS) is 1. The molecule has 0 rings (SSSR count). The Hall–Kier alpha value is -2.33. The van der Waals surface area contributed by atoms with Gasteiger partial charge < -0.3 is 25.2 Å². The van der Waals surface area contributed by atoms with Gasteiger partial charge in [-0.3, -0.25) is 18.6 Å². The summed E-state index contributed by atoms with van der Waals surface area (Å²) in [7, 11) is -4.63. The van der Waals surface area contributed by atoms with Crippen LogP contribution in [0.3, 0.4) is 0 Å². The molecule has 0 saturated carbocycles. The van der Waals surface area contributed by atoms with Crippen LogP contribution in [-0.2, 0) is 32.7 Å². The summed E-state index contributed by atoms with van der Waals surface area (Å²) in [6, 6.07) is -1.48. The highest BCUT2D eigenvalue weighted by Gasteiger charge is 2.27. The summed E-state index contributed by atoms with van der Waals surface area (Å²) in [5, 5.41) is 8.88. The normalized spacial score (nSPS) is 14.6. The minimum atomic E-state index is -4.63. The fourth-order valence-corrected chi connectivity index (χ4v) is 5.91. The zero-order valence-corrected chi connectivity index (χ0v) is 34.0. The Bertz CT molecular complexity index is 1070. The van der Waals surface area contributed by atoms with E-state index < -0.39 is 45.1 Å². The largest absolute Gasteiger partial charge is 0.480 e. The first-order valence-electron chi connectivity index (χ1n) is 20.3. The number of aliphatic carboxylic acids is 1. The maximum absolute atomic E-state index is 12.6. The summed E-state index contributed by atoms with van der Waals surface area (Å²) >= 11 is 0. The molecule has 0 aliphatic rings. The number of rotatable bonds is 38. The van der Waals surface area contributed by atoms with Gasteiger partial charge in [-0.05, 0) is 70.6 Å². The van der Waals surface area contributed by atoms with Crippen LogP contribution in [0.25, 0.3) is 0 Å². The summed E-state index contributed by atoms with van der Waals surface area (Å²) in [6.45, 7) is 3.59. The van der Waals surface area contributed by atoms with Crippen molar-refractivity contribution in [1.82, 2.24) is 0 Å². The van der Waals surface area contributed by atoms with Gasteiger partial charge in [0.2, 0.25) is 0 Å². The summed E-state index contributed by atoms with van der Waals surface area (Å²) in [6.07, 6.45) is 44.3. The van der Waals surface area contributed by atoms with Crippen LogP contribution in [0.2, 0.25) is 0 Å².